The molecular formula is C26H33N5O. The van der Waals surface area contributed by atoms with E-state index in [-0.39, 0.29) is 0 Å². The number of carbonyl (C=O) groups is 1. The number of Topliss-reactive ketones (excluding diaryl/α,β-unsaturated/α-hetero) is 1. The topological polar surface area (TPSA) is 85.0 Å². The zero-order valence-corrected chi connectivity index (χ0v) is 19.0. The van der Waals surface area contributed by atoms with Crippen molar-refractivity contribution in [1.29, 1.82) is 0 Å². The van der Waals surface area contributed by atoms with Crippen LogP contribution in [0.1, 0.15) is 74.6 Å². The molecule has 1 saturated heterocycles. The Labute approximate surface area is 191 Å². The number of nitrogens with zero attached hydrogens (tertiary/aromatic N) is 4. The summed E-state index contributed by atoms with van der Waals surface area (Å²) in [5.74, 6) is 9.57. The molecule has 2 fully saturated rings. The number of pyridine rings is 1. The molecule has 2 aromatic rings. The molecule has 1 saturated carbocycles. The van der Waals surface area contributed by atoms with Crippen LogP contribution in [0, 0.1) is 30.6 Å². The number of anilines is 2. The molecule has 0 aromatic carbocycles. The number of hydrogen-bond donors (Lipinski definition) is 1. The third kappa shape index (κ3) is 5.85. The molecule has 0 radical (unpaired) electrons. The highest BCUT2D eigenvalue weighted by atomic mass is 16.1. The number of aromatic nitrogens is 3. The number of rotatable bonds is 6. The number of nitrogen functional groups attached to an aromatic ring is 1. The minimum atomic E-state index is 0.473. The first kappa shape index (κ1) is 22.3. The molecule has 2 aromatic heterocycles. The first-order valence-corrected chi connectivity index (χ1v) is 11.9. The summed E-state index contributed by atoms with van der Waals surface area (Å²) in [7, 11) is 0. The lowest BCUT2D eigenvalue weighted by atomic mass is 9.89. The van der Waals surface area contributed by atoms with Gasteiger partial charge in [-0.05, 0) is 50.2 Å². The average Bonchev–Trinajstić information content (AvgIpc) is 3.31. The monoisotopic (exact) mass is 431 g/mol. The molecule has 4 rings (SSSR count). The fraction of sp³-hybridized carbons (Fsp3) is 0.538. The maximum absolute atomic E-state index is 12.4. The van der Waals surface area contributed by atoms with Gasteiger partial charge in [-0.2, -0.15) is 0 Å². The van der Waals surface area contributed by atoms with Gasteiger partial charge < -0.3 is 10.6 Å². The molecule has 6 heteroatoms. The summed E-state index contributed by atoms with van der Waals surface area (Å²) in [5.41, 5.74) is 8.22. The maximum Gasteiger partial charge on any atom is 0.148 e. The highest BCUT2D eigenvalue weighted by molar-refractivity contribution is 5.78. The van der Waals surface area contributed by atoms with Gasteiger partial charge in [-0.25, -0.2) is 15.0 Å². The summed E-state index contributed by atoms with van der Waals surface area (Å²) in [6, 6.07) is 3.62. The van der Waals surface area contributed by atoms with E-state index in [1.54, 1.807) is 18.6 Å². The summed E-state index contributed by atoms with van der Waals surface area (Å²) in [4.78, 5) is 27.7. The molecule has 2 N–H and O–H groups in total. The van der Waals surface area contributed by atoms with Gasteiger partial charge in [-0.15, -0.1) is 0 Å². The Bertz CT molecular complexity index is 978. The predicted molar refractivity (Wildman–Crippen MR) is 127 cm³/mol. The smallest absolute Gasteiger partial charge is 0.148 e. The Kier molecular flexibility index (Phi) is 7.36. The van der Waals surface area contributed by atoms with Crippen LogP contribution in [-0.2, 0) is 4.79 Å². The predicted octanol–water partition coefficient (Wildman–Crippen LogP) is 4.31. The van der Waals surface area contributed by atoms with Crippen LogP contribution in [-0.4, -0.2) is 33.8 Å². The molecule has 168 valence electrons. The van der Waals surface area contributed by atoms with Crippen molar-refractivity contribution in [2.45, 2.75) is 64.7 Å². The molecule has 0 atom stereocenters. The van der Waals surface area contributed by atoms with Crippen molar-refractivity contribution in [3.8, 4) is 11.8 Å². The van der Waals surface area contributed by atoms with E-state index in [0.29, 0.717) is 23.4 Å². The van der Waals surface area contributed by atoms with Crippen LogP contribution in [0.25, 0.3) is 0 Å². The molecule has 1 aliphatic heterocycles. The van der Waals surface area contributed by atoms with Gasteiger partial charge >= 0.3 is 0 Å². The number of hydrogen-bond acceptors (Lipinski definition) is 6. The normalized spacial score (nSPS) is 17.2. The number of ketones is 1. The average molecular weight is 432 g/mol. The van der Waals surface area contributed by atoms with Gasteiger partial charge in [0, 0.05) is 37.7 Å². The fourth-order valence-corrected chi connectivity index (χ4v) is 4.90. The van der Waals surface area contributed by atoms with Gasteiger partial charge in [0.25, 0.3) is 0 Å². The van der Waals surface area contributed by atoms with Gasteiger partial charge in [-0.1, -0.05) is 37.5 Å². The standard InChI is InChI=1S/C26H33N5O/c1-19-24(10-7-22-8-11-25(27)28-17-22)26(30-18-29-19)31-14-12-20(13-15-31)6-9-23(32)16-21-4-2-3-5-21/h8,11,17-18,20-21H,2-6,9,12-16H2,1H3,(H2,27,28). The van der Waals surface area contributed by atoms with Gasteiger partial charge in [0.15, 0.2) is 0 Å². The van der Waals surface area contributed by atoms with Crippen molar-refractivity contribution in [3.63, 3.8) is 0 Å². The SMILES string of the molecule is Cc1ncnc(N2CCC(CCC(=O)CC3CCCC3)CC2)c1C#Cc1ccc(N)nc1. The van der Waals surface area contributed by atoms with E-state index in [4.69, 9.17) is 5.73 Å². The van der Waals surface area contributed by atoms with Gasteiger partial charge in [0.2, 0.25) is 0 Å². The maximum atomic E-state index is 12.4. The van der Waals surface area contributed by atoms with Gasteiger partial charge in [0.1, 0.15) is 23.7 Å². The lowest BCUT2D eigenvalue weighted by Crippen LogP contribution is -2.35. The van der Waals surface area contributed by atoms with E-state index in [1.165, 1.54) is 25.7 Å². The molecular weight excluding hydrogens is 398 g/mol. The van der Waals surface area contributed by atoms with Crippen LogP contribution in [0.2, 0.25) is 0 Å². The highest BCUT2D eigenvalue weighted by Crippen LogP contribution is 2.30. The molecule has 1 aliphatic carbocycles. The second kappa shape index (κ2) is 10.6. The van der Waals surface area contributed by atoms with Crippen molar-refractivity contribution in [1.82, 2.24) is 15.0 Å². The van der Waals surface area contributed by atoms with E-state index < -0.39 is 0 Å². The van der Waals surface area contributed by atoms with Crippen molar-refractivity contribution in [2.24, 2.45) is 11.8 Å². The lowest BCUT2D eigenvalue weighted by Gasteiger charge is -2.33. The van der Waals surface area contributed by atoms with Crippen LogP contribution >= 0.6 is 0 Å². The van der Waals surface area contributed by atoms with Crippen molar-refractivity contribution in [3.05, 3.63) is 41.5 Å². The van der Waals surface area contributed by atoms with Gasteiger partial charge in [0.05, 0.1) is 11.3 Å². The zero-order valence-electron chi connectivity index (χ0n) is 19.0. The zero-order chi connectivity index (χ0) is 22.3. The van der Waals surface area contributed by atoms with Crippen LogP contribution in [0.15, 0.2) is 24.7 Å². The Morgan fingerprint density at radius 1 is 1.06 bits per heavy atom. The first-order chi connectivity index (χ1) is 15.6. The largest absolute Gasteiger partial charge is 0.384 e. The first-order valence-electron chi connectivity index (χ1n) is 11.9. The van der Waals surface area contributed by atoms with E-state index in [1.807, 2.05) is 13.0 Å². The summed E-state index contributed by atoms with van der Waals surface area (Å²) in [6.07, 6.45) is 13.2. The van der Waals surface area contributed by atoms with E-state index in [9.17, 15) is 4.79 Å². The van der Waals surface area contributed by atoms with E-state index in [2.05, 4.69) is 31.7 Å². The Hall–Kier alpha value is -2.94. The minimum absolute atomic E-state index is 0.473. The van der Waals surface area contributed by atoms with Crippen molar-refractivity contribution >= 4 is 17.4 Å². The third-order valence-electron chi connectivity index (χ3n) is 6.87. The molecule has 0 bridgehead atoms. The summed E-state index contributed by atoms with van der Waals surface area (Å²) < 4.78 is 0. The third-order valence-corrected chi connectivity index (χ3v) is 6.87. The van der Waals surface area contributed by atoms with Gasteiger partial charge in [-0.3, -0.25) is 4.79 Å². The van der Waals surface area contributed by atoms with E-state index >= 15 is 0 Å². The molecule has 6 nitrogen and oxygen atoms in total. The quantitative estimate of drug-likeness (QED) is 0.686. The van der Waals surface area contributed by atoms with E-state index in [0.717, 1.165) is 67.8 Å². The summed E-state index contributed by atoms with van der Waals surface area (Å²) in [6.45, 7) is 3.85. The number of carbonyl (C=O) groups excluding carboxylic acids is 1. The number of piperidine rings is 1. The Morgan fingerprint density at radius 2 is 1.84 bits per heavy atom. The number of nitrogens with two attached hydrogens (primary N) is 1. The molecule has 0 amide bonds. The van der Waals surface area contributed by atoms with Crippen LogP contribution in [0.5, 0.6) is 0 Å². The van der Waals surface area contributed by atoms with Crippen LogP contribution in [0.3, 0.4) is 0 Å². The lowest BCUT2D eigenvalue weighted by molar-refractivity contribution is -0.120. The molecule has 2 aliphatic rings. The van der Waals surface area contributed by atoms with Crippen molar-refractivity contribution in [2.75, 3.05) is 23.7 Å². The van der Waals surface area contributed by atoms with Crippen molar-refractivity contribution < 1.29 is 4.79 Å². The van der Waals surface area contributed by atoms with Crippen LogP contribution < -0.4 is 10.6 Å². The number of aryl methyl sites for hydroxylation is 1. The summed E-state index contributed by atoms with van der Waals surface area (Å²) >= 11 is 0. The molecule has 0 spiro atoms. The minimum Gasteiger partial charge on any atom is -0.384 e. The molecule has 32 heavy (non-hydrogen) atoms. The Balaban J connectivity index is 1.34. The molecule has 3 heterocycles. The highest BCUT2D eigenvalue weighted by Gasteiger charge is 2.24. The fourth-order valence-electron chi connectivity index (χ4n) is 4.90. The summed E-state index contributed by atoms with van der Waals surface area (Å²) in [5, 5.41) is 0. The second-order valence-corrected chi connectivity index (χ2v) is 9.24. The Morgan fingerprint density at radius 3 is 2.56 bits per heavy atom. The van der Waals surface area contributed by atoms with Crippen LogP contribution in [0.4, 0.5) is 11.6 Å². The second-order valence-electron chi connectivity index (χ2n) is 9.24. The molecule has 0 unspecified atom stereocenters.